The van der Waals surface area contributed by atoms with Crippen molar-refractivity contribution in [3.05, 3.63) is 59.9 Å². The Bertz CT molecular complexity index is 468. The van der Waals surface area contributed by atoms with Crippen molar-refractivity contribution in [1.29, 1.82) is 0 Å². The molecule has 1 unspecified atom stereocenters. The van der Waals surface area contributed by atoms with E-state index in [0.717, 1.165) is 11.3 Å². The first-order valence-electron chi connectivity index (χ1n) is 6.15. The lowest BCUT2D eigenvalue weighted by molar-refractivity contribution is 0.340. The lowest BCUT2D eigenvalue weighted by atomic mass is 10.0. The first-order chi connectivity index (χ1) is 8.85. The maximum absolute atomic E-state index is 5.45. The second-order valence-electron chi connectivity index (χ2n) is 4.01. The maximum Gasteiger partial charge on any atom is 0.119 e. The molecule has 1 aromatic heterocycles. The molecule has 0 aliphatic carbocycles. The van der Waals surface area contributed by atoms with Gasteiger partial charge in [-0.3, -0.25) is 4.98 Å². The summed E-state index contributed by atoms with van der Waals surface area (Å²) >= 11 is 0. The number of rotatable bonds is 5. The van der Waals surface area contributed by atoms with Crippen LogP contribution >= 0.6 is 0 Å². The van der Waals surface area contributed by atoms with Crippen molar-refractivity contribution in [2.75, 3.05) is 13.7 Å². The Hall–Kier alpha value is -1.87. The van der Waals surface area contributed by atoms with Gasteiger partial charge in [0.25, 0.3) is 0 Å². The number of nitrogens with one attached hydrogen (secondary N) is 1. The zero-order chi connectivity index (χ0) is 12.8. The van der Waals surface area contributed by atoms with Gasteiger partial charge in [0.2, 0.25) is 0 Å². The Morgan fingerprint density at radius 2 is 1.94 bits per heavy atom. The van der Waals surface area contributed by atoms with Gasteiger partial charge in [-0.25, -0.2) is 0 Å². The summed E-state index contributed by atoms with van der Waals surface area (Å²) in [4.78, 5) is 4.16. The Morgan fingerprint density at radius 1 is 1.17 bits per heavy atom. The lowest BCUT2D eigenvalue weighted by Crippen LogP contribution is -2.17. The number of hydrogen-bond acceptors (Lipinski definition) is 3. The van der Waals surface area contributed by atoms with Crippen molar-refractivity contribution in [2.24, 2.45) is 0 Å². The molecule has 1 N–H and O–H groups in total. The smallest absolute Gasteiger partial charge is 0.119 e. The van der Waals surface area contributed by atoms with E-state index in [9.17, 15) is 0 Å². The predicted molar refractivity (Wildman–Crippen MR) is 72.8 cm³/mol. The molecule has 3 heteroatoms. The van der Waals surface area contributed by atoms with Gasteiger partial charge in [-0.1, -0.05) is 18.2 Å². The summed E-state index contributed by atoms with van der Waals surface area (Å²) in [5, 5.41) is 3.31. The van der Waals surface area contributed by atoms with E-state index in [1.54, 1.807) is 6.20 Å². The van der Waals surface area contributed by atoms with E-state index in [1.807, 2.05) is 38.4 Å². The molecule has 0 saturated heterocycles. The summed E-state index contributed by atoms with van der Waals surface area (Å²) in [6.45, 7) is 2.68. The van der Waals surface area contributed by atoms with E-state index in [1.165, 1.54) is 5.56 Å². The number of ether oxygens (including phenoxy) is 1. The third-order valence-corrected chi connectivity index (χ3v) is 2.83. The number of aromatic nitrogens is 1. The molecule has 0 amide bonds. The highest BCUT2D eigenvalue weighted by Gasteiger charge is 2.11. The van der Waals surface area contributed by atoms with Crippen LogP contribution in [0.15, 0.2) is 48.8 Å². The molecule has 94 valence electrons. The highest BCUT2D eigenvalue weighted by Crippen LogP contribution is 2.23. The van der Waals surface area contributed by atoms with Crippen molar-refractivity contribution in [2.45, 2.75) is 13.0 Å². The summed E-state index contributed by atoms with van der Waals surface area (Å²) in [5.41, 5.74) is 2.36. The normalized spacial score (nSPS) is 12.1. The Kier molecular flexibility index (Phi) is 4.31. The predicted octanol–water partition coefficient (Wildman–Crippen LogP) is 2.79. The van der Waals surface area contributed by atoms with E-state index >= 15 is 0 Å². The number of benzene rings is 1. The minimum atomic E-state index is 0.161. The minimum Gasteiger partial charge on any atom is -0.494 e. The van der Waals surface area contributed by atoms with Gasteiger partial charge in [0, 0.05) is 12.4 Å². The van der Waals surface area contributed by atoms with Crippen LogP contribution in [0.2, 0.25) is 0 Å². The molecule has 2 aromatic rings. The molecule has 0 fully saturated rings. The summed E-state index contributed by atoms with van der Waals surface area (Å²) in [7, 11) is 1.95. The fourth-order valence-corrected chi connectivity index (χ4v) is 2.00. The minimum absolute atomic E-state index is 0.161. The fourth-order valence-electron chi connectivity index (χ4n) is 2.00. The van der Waals surface area contributed by atoms with Crippen LogP contribution in [0.5, 0.6) is 5.75 Å². The molecule has 0 saturated carbocycles. The van der Waals surface area contributed by atoms with Crippen LogP contribution in [-0.4, -0.2) is 18.6 Å². The van der Waals surface area contributed by atoms with Crippen LogP contribution in [0.4, 0.5) is 0 Å². The first kappa shape index (κ1) is 12.6. The third-order valence-electron chi connectivity index (χ3n) is 2.83. The van der Waals surface area contributed by atoms with Crippen molar-refractivity contribution in [3.63, 3.8) is 0 Å². The second-order valence-corrected chi connectivity index (χ2v) is 4.01. The van der Waals surface area contributed by atoms with Gasteiger partial charge in [0.1, 0.15) is 5.75 Å². The molecule has 1 aromatic carbocycles. The molecule has 0 aliphatic rings. The lowest BCUT2D eigenvalue weighted by Gasteiger charge is -2.17. The zero-order valence-corrected chi connectivity index (χ0v) is 10.8. The molecule has 0 spiro atoms. The zero-order valence-electron chi connectivity index (χ0n) is 10.8. The molecule has 0 radical (unpaired) electrons. The highest BCUT2D eigenvalue weighted by atomic mass is 16.5. The van der Waals surface area contributed by atoms with Crippen LogP contribution < -0.4 is 10.1 Å². The van der Waals surface area contributed by atoms with Gasteiger partial charge in [0.15, 0.2) is 0 Å². The largest absolute Gasteiger partial charge is 0.494 e. The van der Waals surface area contributed by atoms with Crippen LogP contribution in [-0.2, 0) is 0 Å². The first-order valence-corrected chi connectivity index (χ1v) is 6.15. The van der Waals surface area contributed by atoms with E-state index in [4.69, 9.17) is 4.74 Å². The van der Waals surface area contributed by atoms with Crippen molar-refractivity contribution in [1.82, 2.24) is 10.3 Å². The van der Waals surface area contributed by atoms with Crippen molar-refractivity contribution in [3.8, 4) is 5.75 Å². The maximum atomic E-state index is 5.45. The van der Waals surface area contributed by atoms with E-state index in [0.29, 0.717) is 6.61 Å². The molecule has 2 rings (SSSR count). The monoisotopic (exact) mass is 242 g/mol. The van der Waals surface area contributed by atoms with Crippen LogP contribution in [0, 0.1) is 0 Å². The topological polar surface area (TPSA) is 34.1 Å². The Morgan fingerprint density at radius 3 is 2.50 bits per heavy atom. The highest BCUT2D eigenvalue weighted by molar-refractivity contribution is 5.34. The van der Waals surface area contributed by atoms with Gasteiger partial charge in [-0.05, 0) is 43.3 Å². The Balaban J connectivity index is 2.23. The molecule has 18 heavy (non-hydrogen) atoms. The molecule has 0 aliphatic heterocycles. The number of pyridine rings is 1. The van der Waals surface area contributed by atoms with Gasteiger partial charge < -0.3 is 10.1 Å². The van der Waals surface area contributed by atoms with Crippen molar-refractivity contribution < 1.29 is 4.74 Å². The second kappa shape index (κ2) is 6.17. The summed E-state index contributed by atoms with van der Waals surface area (Å²) in [5.74, 6) is 0.905. The third kappa shape index (κ3) is 2.87. The van der Waals surface area contributed by atoms with Crippen LogP contribution in [0.25, 0.3) is 0 Å². The molecular weight excluding hydrogens is 224 g/mol. The summed E-state index contributed by atoms with van der Waals surface area (Å²) in [6, 6.07) is 12.4. The van der Waals surface area contributed by atoms with Gasteiger partial charge in [-0.15, -0.1) is 0 Å². The standard InChI is InChI=1S/C15H18N2O/c1-3-18-14-8-6-12(7-9-14)15(16-2)13-5-4-10-17-11-13/h4-11,15-16H,3H2,1-2H3. The van der Waals surface area contributed by atoms with E-state index < -0.39 is 0 Å². The molecule has 1 heterocycles. The van der Waals surface area contributed by atoms with Gasteiger partial charge in [0.05, 0.1) is 12.6 Å². The van der Waals surface area contributed by atoms with Gasteiger partial charge >= 0.3 is 0 Å². The summed E-state index contributed by atoms with van der Waals surface area (Å²) in [6.07, 6.45) is 3.67. The number of hydrogen-bond donors (Lipinski definition) is 1. The Labute approximate surface area is 108 Å². The average Bonchev–Trinajstić information content (AvgIpc) is 2.43. The molecular formula is C15H18N2O. The van der Waals surface area contributed by atoms with Gasteiger partial charge in [-0.2, -0.15) is 0 Å². The van der Waals surface area contributed by atoms with Crippen molar-refractivity contribution >= 4 is 0 Å². The summed E-state index contributed by atoms with van der Waals surface area (Å²) < 4.78 is 5.45. The molecule has 1 atom stereocenters. The SMILES string of the molecule is CCOc1ccc(C(NC)c2cccnc2)cc1. The van der Waals surface area contributed by atoms with E-state index in [2.05, 4.69) is 28.5 Å². The fraction of sp³-hybridized carbons (Fsp3) is 0.267. The van der Waals surface area contributed by atoms with E-state index in [-0.39, 0.29) is 6.04 Å². The van der Waals surface area contributed by atoms with Crippen LogP contribution in [0.1, 0.15) is 24.1 Å². The quantitative estimate of drug-likeness (QED) is 0.875. The van der Waals surface area contributed by atoms with Crippen LogP contribution in [0.3, 0.4) is 0 Å². The molecule has 0 bridgehead atoms. The molecule has 3 nitrogen and oxygen atoms in total. The average molecular weight is 242 g/mol. The number of nitrogens with zero attached hydrogens (tertiary/aromatic N) is 1.